The van der Waals surface area contributed by atoms with Gasteiger partial charge < -0.3 is 15.5 Å². The van der Waals surface area contributed by atoms with Gasteiger partial charge in [0.25, 0.3) is 0 Å². The maximum Gasteiger partial charge on any atom is 0.220 e. The van der Waals surface area contributed by atoms with E-state index in [2.05, 4.69) is 55.6 Å². The Kier molecular flexibility index (Phi) is 49.3. The molecule has 0 aromatic rings. The third kappa shape index (κ3) is 47.3. The van der Waals surface area contributed by atoms with Gasteiger partial charge >= 0.3 is 0 Å². The summed E-state index contributed by atoms with van der Waals surface area (Å²) in [6.45, 7) is 4.23. The van der Waals surface area contributed by atoms with E-state index in [-0.39, 0.29) is 12.5 Å². The summed E-state index contributed by atoms with van der Waals surface area (Å²) in [5.41, 5.74) is 0. The minimum absolute atomic E-state index is 0.0664. The number of unbranched alkanes of at least 4 members (excludes halogenated alkanes) is 35. The lowest BCUT2D eigenvalue weighted by molar-refractivity contribution is -0.123. The average Bonchev–Trinajstić information content (AvgIpc) is 3.24. The highest BCUT2D eigenvalue weighted by Gasteiger charge is 2.18. The summed E-state index contributed by atoms with van der Waals surface area (Å²) < 4.78 is 0. The SMILES string of the molecule is CCCCCC/C=C/C(O)C(CO)NC(=O)CCCCCCCCCCCCCCCCCCCCCCCCCCCC/C=C\C/C=C\C/C=C\CCCCCCC. The summed E-state index contributed by atoms with van der Waals surface area (Å²) in [6, 6.07) is -0.616. The quantitative estimate of drug-likeness (QED) is 0.0423. The summed E-state index contributed by atoms with van der Waals surface area (Å²) in [4.78, 5) is 12.3. The van der Waals surface area contributed by atoms with Gasteiger partial charge in [0.15, 0.2) is 0 Å². The molecule has 0 aliphatic rings. The molecular formula is C55H103NO3. The second-order valence-corrected chi connectivity index (χ2v) is 17.9. The van der Waals surface area contributed by atoms with Crippen LogP contribution in [0.2, 0.25) is 0 Å². The lowest BCUT2D eigenvalue weighted by Gasteiger charge is -2.20. The molecule has 0 radical (unpaired) electrons. The van der Waals surface area contributed by atoms with Gasteiger partial charge in [0.05, 0.1) is 18.8 Å². The first-order chi connectivity index (χ1) is 29.2. The monoisotopic (exact) mass is 826 g/mol. The predicted molar refractivity (Wildman–Crippen MR) is 262 cm³/mol. The smallest absolute Gasteiger partial charge is 0.220 e. The van der Waals surface area contributed by atoms with Crippen molar-refractivity contribution in [2.75, 3.05) is 6.61 Å². The number of hydrogen-bond acceptors (Lipinski definition) is 3. The number of allylic oxidation sites excluding steroid dienone is 7. The van der Waals surface area contributed by atoms with Crippen LogP contribution in [-0.4, -0.2) is 34.9 Å². The van der Waals surface area contributed by atoms with E-state index < -0.39 is 12.1 Å². The minimum Gasteiger partial charge on any atom is -0.394 e. The van der Waals surface area contributed by atoms with Crippen molar-refractivity contribution in [3.05, 3.63) is 48.6 Å². The number of carbonyl (C=O) groups is 1. The Morgan fingerprint density at radius 1 is 0.407 bits per heavy atom. The lowest BCUT2D eigenvalue weighted by atomic mass is 10.0. The van der Waals surface area contributed by atoms with E-state index >= 15 is 0 Å². The van der Waals surface area contributed by atoms with E-state index in [1.807, 2.05) is 6.08 Å². The molecule has 0 aromatic heterocycles. The fourth-order valence-corrected chi connectivity index (χ4v) is 8.01. The summed E-state index contributed by atoms with van der Waals surface area (Å²) in [6.07, 6.45) is 70.2. The largest absolute Gasteiger partial charge is 0.394 e. The van der Waals surface area contributed by atoms with Gasteiger partial charge in [-0.2, -0.15) is 0 Å². The number of aliphatic hydroxyl groups excluding tert-OH is 2. The van der Waals surface area contributed by atoms with Gasteiger partial charge in [0.2, 0.25) is 5.91 Å². The van der Waals surface area contributed by atoms with Crippen molar-refractivity contribution in [3.63, 3.8) is 0 Å². The lowest BCUT2D eigenvalue weighted by Crippen LogP contribution is -2.45. The fraction of sp³-hybridized carbons (Fsp3) is 0.836. The first-order valence-electron chi connectivity index (χ1n) is 26.4. The minimum atomic E-state index is -0.833. The van der Waals surface area contributed by atoms with Crippen LogP contribution in [0.15, 0.2) is 48.6 Å². The molecule has 0 spiro atoms. The Morgan fingerprint density at radius 3 is 1.05 bits per heavy atom. The molecule has 4 nitrogen and oxygen atoms in total. The van der Waals surface area contributed by atoms with Crippen LogP contribution < -0.4 is 5.32 Å². The molecule has 0 aliphatic heterocycles. The Hall–Kier alpha value is -1.65. The Balaban J connectivity index is 3.32. The maximum absolute atomic E-state index is 12.3. The van der Waals surface area contributed by atoms with Gasteiger partial charge in [-0.1, -0.05) is 262 Å². The highest BCUT2D eigenvalue weighted by molar-refractivity contribution is 5.76. The van der Waals surface area contributed by atoms with Crippen LogP contribution in [0, 0.1) is 0 Å². The molecule has 0 rings (SSSR count). The molecule has 0 saturated carbocycles. The zero-order chi connectivity index (χ0) is 42.8. The van der Waals surface area contributed by atoms with Crippen LogP contribution in [0.3, 0.4) is 0 Å². The molecule has 1 amide bonds. The second kappa shape index (κ2) is 50.7. The third-order valence-corrected chi connectivity index (χ3v) is 12.1. The standard InChI is InChI=1S/C55H103NO3/c1-3-5-7-9-11-12-13-14-15-16-17-18-19-20-21-22-23-24-25-26-27-28-29-30-31-32-33-34-35-36-37-38-39-40-41-42-43-44-45-47-49-51-55(59)56-53(52-57)54(58)50-48-46-10-8-6-4-2/h13-14,16-17,19-20,48,50,53-54,57-58H,3-12,15,18,21-47,49,51-52H2,1-2H3,(H,56,59)/b14-13-,17-16-,20-19-,50-48+. The van der Waals surface area contributed by atoms with Gasteiger partial charge in [-0.3, -0.25) is 4.79 Å². The Labute approximate surface area is 369 Å². The van der Waals surface area contributed by atoms with E-state index in [0.717, 1.165) is 38.5 Å². The maximum atomic E-state index is 12.3. The van der Waals surface area contributed by atoms with Crippen molar-refractivity contribution >= 4 is 5.91 Å². The molecule has 0 saturated heterocycles. The molecular weight excluding hydrogens is 723 g/mol. The van der Waals surface area contributed by atoms with Gasteiger partial charge in [-0.15, -0.1) is 0 Å². The third-order valence-electron chi connectivity index (χ3n) is 12.1. The van der Waals surface area contributed by atoms with E-state index in [9.17, 15) is 15.0 Å². The number of aliphatic hydroxyl groups is 2. The topological polar surface area (TPSA) is 69.6 Å². The normalized spacial score (nSPS) is 13.2. The molecule has 2 atom stereocenters. The van der Waals surface area contributed by atoms with E-state index in [1.165, 1.54) is 218 Å². The number of amides is 1. The summed E-state index contributed by atoms with van der Waals surface area (Å²) in [5, 5.41) is 22.7. The van der Waals surface area contributed by atoms with Gasteiger partial charge in [-0.05, 0) is 57.8 Å². The fourth-order valence-electron chi connectivity index (χ4n) is 8.01. The van der Waals surface area contributed by atoms with Crippen molar-refractivity contribution in [2.45, 2.75) is 289 Å². The number of carbonyl (C=O) groups excluding carboxylic acids is 1. The second-order valence-electron chi connectivity index (χ2n) is 17.9. The molecule has 0 heterocycles. The molecule has 4 heteroatoms. The van der Waals surface area contributed by atoms with E-state index in [4.69, 9.17) is 0 Å². The highest BCUT2D eigenvalue weighted by atomic mass is 16.3. The zero-order valence-electron chi connectivity index (χ0n) is 39.8. The van der Waals surface area contributed by atoms with E-state index in [1.54, 1.807) is 6.08 Å². The van der Waals surface area contributed by atoms with Crippen LogP contribution in [0.4, 0.5) is 0 Å². The molecule has 2 unspecified atom stereocenters. The molecule has 0 fully saturated rings. The molecule has 0 aromatic carbocycles. The molecule has 3 N–H and O–H groups in total. The first kappa shape index (κ1) is 57.3. The first-order valence-corrected chi connectivity index (χ1v) is 26.4. The Morgan fingerprint density at radius 2 is 0.695 bits per heavy atom. The number of rotatable bonds is 48. The average molecular weight is 826 g/mol. The van der Waals surface area contributed by atoms with Gasteiger partial charge in [0.1, 0.15) is 0 Å². The number of hydrogen-bond donors (Lipinski definition) is 3. The van der Waals surface area contributed by atoms with Gasteiger partial charge in [-0.25, -0.2) is 0 Å². The molecule has 0 bridgehead atoms. The van der Waals surface area contributed by atoms with Crippen LogP contribution in [-0.2, 0) is 4.79 Å². The summed E-state index contributed by atoms with van der Waals surface area (Å²) >= 11 is 0. The van der Waals surface area contributed by atoms with Crippen molar-refractivity contribution in [1.29, 1.82) is 0 Å². The van der Waals surface area contributed by atoms with Crippen molar-refractivity contribution < 1.29 is 15.0 Å². The zero-order valence-corrected chi connectivity index (χ0v) is 39.8. The molecule has 59 heavy (non-hydrogen) atoms. The molecule has 346 valence electrons. The summed E-state index contributed by atoms with van der Waals surface area (Å²) in [5.74, 6) is -0.0664. The van der Waals surface area contributed by atoms with Crippen molar-refractivity contribution in [3.8, 4) is 0 Å². The van der Waals surface area contributed by atoms with Crippen LogP contribution in [0.5, 0.6) is 0 Å². The van der Waals surface area contributed by atoms with Crippen LogP contribution in [0.1, 0.15) is 277 Å². The predicted octanol–water partition coefficient (Wildman–Crippen LogP) is 17.1. The summed E-state index contributed by atoms with van der Waals surface area (Å²) in [7, 11) is 0. The van der Waals surface area contributed by atoms with Crippen LogP contribution in [0.25, 0.3) is 0 Å². The van der Waals surface area contributed by atoms with Gasteiger partial charge in [0, 0.05) is 6.42 Å². The number of nitrogens with one attached hydrogen (secondary N) is 1. The highest BCUT2D eigenvalue weighted by Crippen LogP contribution is 2.17. The molecule has 0 aliphatic carbocycles. The van der Waals surface area contributed by atoms with E-state index in [0.29, 0.717) is 6.42 Å². The van der Waals surface area contributed by atoms with Crippen LogP contribution >= 0.6 is 0 Å². The Bertz CT molecular complexity index is 939. The van der Waals surface area contributed by atoms with Crippen molar-refractivity contribution in [1.82, 2.24) is 5.32 Å². The van der Waals surface area contributed by atoms with Crippen molar-refractivity contribution in [2.24, 2.45) is 0 Å².